The van der Waals surface area contributed by atoms with Gasteiger partial charge in [0.25, 0.3) is 0 Å². The molecule has 0 radical (unpaired) electrons. The molecule has 0 bridgehead atoms. The first-order chi connectivity index (χ1) is 10.6. The van der Waals surface area contributed by atoms with Gasteiger partial charge in [-0.2, -0.15) is 5.10 Å². The van der Waals surface area contributed by atoms with E-state index in [1.165, 1.54) is 15.9 Å². The van der Waals surface area contributed by atoms with Crippen molar-refractivity contribution in [2.75, 3.05) is 0 Å². The largest absolute Gasteiger partial charge is 0.267 e. The van der Waals surface area contributed by atoms with Crippen LogP contribution in [0.2, 0.25) is 0 Å². The third kappa shape index (κ3) is 3.13. The second-order valence-electron chi connectivity index (χ2n) is 6.32. The summed E-state index contributed by atoms with van der Waals surface area (Å²) < 4.78 is 2.06. The molecule has 0 unspecified atom stereocenters. The summed E-state index contributed by atoms with van der Waals surface area (Å²) in [6, 6.07) is 21.5. The minimum absolute atomic E-state index is 0.00658. The Labute approximate surface area is 133 Å². The molecule has 22 heavy (non-hydrogen) atoms. The van der Waals surface area contributed by atoms with Crippen LogP contribution in [0.15, 0.2) is 73.1 Å². The lowest BCUT2D eigenvalue weighted by atomic mass is 10.1. The second kappa shape index (κ2) is 6.06. The van der Waals surface area contributed by atoms with E-state index in [9.17, 15) is 0 Å². The summed E-state index contributed by atoms with van der Waals surface area (Å²) in [4.78, 5) is 0. The Kier molecular flexibility index (Phi) is 4.13. The third-order valence-electron chi connectivity index (χ3n) is 3.54. The molecule has 0 spiro atoms. The van der Waals surface area contributed by atoms with Crippen molar-refractivity contribution in [2.24, 2.45) is 0 Å². The number of benzene rings is 2. The molecule has 1 heterocycles. The van der Waals surface area contributed by atoms with Crippen molar-refractivity contribution >= 4 is 23.8 Å². The molecule has 0 aliphatic rings. The lowest BCUT2D eigenvalue weighted by Crippen LogP contribution is -2.23. The van der Waals surface area contributed by atoms with Gasteiger partial charge in [0.2, 0.25) is 0 Å². The van der Waals surface area contributed by atoms with Crippen LogP contribution in [-0.2, 0) is 5.54 Å². The van der Waals surface area contributed by atoms with Gasteiger partial charge in [-0.15, -0.1) is 0 Å². The van der Waals surface area contributed by atoms with Gasteiger partial charge in [0.05, 0.1) is 11.7 Å². The number of hydrogen-bond donors (Lipinski definition) is 0. The highest BCUT2D eigenvalue weighted by molar-refractivity contribution is 7.79. The number of aromatic nitrogens is 2. The second-order valence-corrected chi connectivity index (χ2v) is 8.54. The van der Waals surface area contributed by atoms with Crippen LogP contribution >= 0.6 is 7.92 Å². The highest BCUT2D eigenvalue weighted by Crippen LogP contribution is 2.32. The standard InChI is InChI=1S/C19H21N2P/c1-19(2,3)21-15-18(14-20-21)22(16-10-6-4-7-11-16)17-12-8-5-9-13-17/h4-15H,1-3H3. The summed E-state index contributed by atoms with van der Waals surface area (Å²) in [5.41, 5.74) is 0.00658. The Morgan fingerprint density at radius 3 is 1.68 bits per heavy atom. The molecule has 0 N–H and O–H groups in total. The van der Waals surface area contributed by atoms with E-state index in [1.54, 1.807) is 0 Å². The molecule has 0 atom stereocenters. The maximum Gasteiger partial charge on any atom is 0.0573 e. The fourth-order valence-electron chi connectivity index (χ4n) is 2.40. The molecule has 0 aliphatic heterocycles. The predicted octanol–water partition coefficient (Wildman–Crippen LogP) is 3.40. The van der Waals surface area contributed by atoms with Crippen LogP contribution in [-0.4, -0.2) is 9.78 Å². The number of nitrogens with zero attached hydrogens (tertiary/aromatic N) is 2. The number of rotatable bonds is 3. The topological polar surface area (TPSA) is 17.8 Å². The number of hydrogen-bond acceptors (Lipinski definition) is 1. The van der Waals surface area contributed by atoms with Crippen molar-refractivity contribution < 1.29 is 0 Å². The Balaban J connectivity index is 2.09. The van der Waals surface area contributed by atoms with Gasteiger partial charge in [-0.3, -0.25) is 4.68 Å². The zero-order valence-electron chi connectivity index (χ0n) is 13.3. The summed E-state index contributed by atoms with van der Waals surface area (Å²) in [5.74, 6) is 0. The fraction of sp³-hybridized carbons (Fsp3) is 0.211. The van der Waals surface area contributed by atoms with E-state index in [0.29, 0.717) is 0 Å². The Bertz CT molecular complexity index is 687. The molecule has 3 aromatic rings. The monoisotopic (exact) mass is 308 g/mol. The summed E-state index contributed by atoms with van der Waals surface area (Å²) in [6.45, 7) is 6.53. The van der Waals surface area contributed by atoms with E-state index in [4.69, 9.17) is 0 Å². The highest BCUT2D eigenvalue weighted by atomic mass is 31.1. The Morgan fingerprint density at radius 1 is 0.773 bits per heavy atom. The Hall–Kier alpha value is -1.92. The summed E-state index contributed by atoms with van der Waals surface area (Å²) in [5, 5.41) is 8.60. The van der Waals surface area contributed by atoms with Gasteiger partial charge < -0.3 is 0 Å². The lowest BCUT2D eigenvalue weighted by molar-refractivity contribution is 0.356. The van der Waals surface area contributed by atoms with E-state index in [1.807, 2.05) is 6.20 Å². The van der Waals surface area contributed by atoms with Crippen molar-refractivity contribution in [3.8, 4) is 0 Å². The highest BCUT2D eigenvalue weighted by Gasteiger charge is 2.20. The first kappa shape index (κ1) is 15.0. The summed E-state index contributed by atoms with van der Waals surface area (Å²) >= 11 is 0. The van der Waals surface area contributed by atoms with E-state index in [-0.39, 0.29) is 5.54 Å². The van der Waals surface area contributed by atoms with Gasteiger partial charge in [0, 0.05) is 11.5 Å². The van der Waals surface area contributed by atoms with Crippen LogP contribution in [0.5, 0.6) is 0 Å². The molecule has 1 aromatic heterocycles. The zero-order chi connectivity index (χ0) is 15.6. The molecular weight excluding hydrogens is 287 g/mol. The van der Waals surface area contributed by atoms with Crippen LogP contribution in [0, 0.1) is 0 Å². The van der Waals surface area contributed by atoms with Gasteiger partial charge in [0.1, 0.15) is 0 Å². The van der Waals surface area contributed by atoms with Crippen LogP contribution in [0.4, 0.5) is 0 Å². The van der Waals surface area contributed by atoms with Crippen LogP contribution < -0.4 is 15.9 Å². The zero-order valence-corrected chi connectivity index (χ0v) is 14.2. The summed E-state index contributed by atoms with van der Waals surface area (Å²) in [6.07, 6.45) is 4.22. The van der Waals surface area contributed by atoms with Crippen LogP contribution in [0.3, 0.4) is 0 Å². The Morgan fingerprint density at radius 2 is 1.27 bits per heavy atom. The molecule has 112 valence electrons. The van der Waals surface area contributed by atoms with Gasteiger partial charge >= 0.3 is 0 Å². The molecule has 0 fully saturated rings. The van der Waals surface area contributed by atoms with E-state index >= 15 is 0 Å². The summed E-state index contributed by atoms with van der Waals surface area (Å²) in [7, 11) is -0.556. The maximum atomic E-state index is 4.59. The quantitative estimate of drug-likeness (QED) is 0.678. The minimum Gasteiger partial charge on any atom is -0.267 e. The molecule has 0 saturated carbocycles. The van der Waals surface area contributed by atoms with Gasteiger partial charge in [0.15, 0.2) is 0 Å². The van der Waals surface area contributed by atoms with Crippen molar-refractivity contribution in [3.63, 3.8) is 0 Å². The normalized spacial score (nSPS) is 11.8. The first-order valence-electron chi connectivity index (χ1n) is 7.51. The van der Waals surface area contributed by atoms with E-state index < -0.39 is 7.92 Å². The molecule has 0 aliphatic carbocycles. The van der Waals surface area contributed by atoms with Crippen molar-refractivity contribution in [2.45, 2.75) is 26.3 Å². The maximum absolute atomic E-state index is 4.59. The molecule has 2 nitrogen and oxygen atoms in total. The van der Waals surface area contributed by atoms with E-state index in [2.05, 4.69) is 97.4 Å². The van der Waals surface area contributed by atoms with Crippen molar-refractivity contribution in [1.82, 2.24) is 9.78 Å². The molecule has 2 aromatic carbocycles. The van der Waals surface area contributed by atoms with Gasteiger partial charge in [-0.25, -0.2) is 0 Å². The molecule has 3 rings (SSSR count). The smallest absolute Gasteiger partial charge is 0.0573 e. The minimum atomic E-state index is -0.556. The van der Waals surface area contributed by atoms with Crippen LogP contribution in [0.1, 0.15) is 20.8 Å². The molecule has 3 heteroatoms. The van der Waals surface area contributed by atoms with Crippen molar-refractivity contribution in [1.29, 1.82) is 0 Å². The van der Waals surface area contributed by atoms with Crippen LogP contribution in [0.25, 0.3) is 0 Å². The molecular formula is C19H21N2P. The lowest BCUT2D eigenvalue weighted by Gasteiger charge is -2.20. The SMILES string of the molecule is CC(C)(C)n1cc(P(c2ccccc2)c2ccccc2)cn1. The van der Waals surface area contributed by atoms with Gasteiger partial charge in [-0.05, 0) is 39.3 Å². The van der Waals surface area contributed by atoms with E-state index in [0.717, 1.165) is 0 Å². The molecule has 0 amide bonds. The van der Waals surface area contributed by atoms with Gasteiger partial charge in [-0.1, -0.05) is 60.7 Å². The third-order valence-corrected chi connectivity index (χ3v) is 5.92. The predicted molar refractivity (Wildman–Crippen MR) is 95.9 cm³/mol. The molecule has 0 saturated heterocycles. The first-order valence-corrected chi connectivity index (χ1v) is 8.85. The average molecular weight is 308 g/mol. The fourth-order valence-corrected chi connectivity index (χ4v) is 4.62. The average Bonchev–Trinajstić information content (AvgIpc) is 2.99. The van der Waals surface area contributed by atoms with Crippen molar-refractivity contribution in [3.05, 3.63) is 73.1 Å².